The lowest BCUT2D eigenvalue weighted by Crippen LogP contribution is -2.53. The van der Waals surface area contributed by atoms with Gasteiger partial charge in [-0.25, -0.2) is 4.98 Å². The van der Waals surface area contributed by atoms with E-state index in [0.29, 0.717) is 5.91 Å². The Morgan fingerprint density at radius 3 is 2.96 bits per heavy atom. The molecule has 1 saturated heterocycles. The van der Waals surface area contributed by atoms with Gasteiger partial charge in [0.2, 0.25) is 5.91 Å². The lowest BCUT2D eigenvalue weighted by molar-refractivity contribution is -0.137. The highest BCUT2D eigenvalue weighted by Gasteiger charge is 2.51. The Labute approximate surface area is 154 Å². The maximum absolute atomic E-state index is 12.9. The summed E-state index contributed by atoms with van der Waals surface area (Å²) in [6.45, 7) is 4.86. The standard InChI is InChI=1S/C21H26N4O/c1-2-12-25-17-8-4-11-22-19(17)24-13-5-9-18(24)21(25)10-14-23(15-21)20(26)16-6-3-7-16/h4-5,8-9,11,13,16H,2-3,6-7,10,12,14-15H2,1H3. The number of nitrogens with zero attached hydrogens (tertiary/aromatic N) is 4. The largest absolute Gasteiger partial charge is 0.355 e. The Morgan fingerprint density at radius 1 is 1.31 bits per heavy atom. The van der Waals surface area contributed by atoms with Crippen LogP contribution in [0.2, 0.25) is 0 Å². The highest BCUT2D eigenvalue weighted by atomic mass is 16.2. The average molecular weight is 350 g/mol. The van der Waals surface area contributed by atoms with Crippen molar-refractivity contribution in [1.29, 1.82) is 0 Å². The van der Waals surface area contributed by atoms with E-state index in [-0.39, 0.29) is 11.5 Å². The van der Waals surface area contributed by atoms with Crippen molar-refractivity contribution in [3.05, 3.63) is 42.4 Å². The van der Waals surface area contributed by atoms with Gasteiger partial charge in [-0.2, -0.15) is 0 Å². The molecular formula is C21H26N4O. The summed E-state index contributed by atoms with van der Waals surface area (Å²) < 4.78 is 2.23. The number of hydrogen-bond acceptors (Lipinski definition) is 3. The van der Waals surface area contributed by atoms with Crippen molar-refractivity contribution in [2.24, 2.45) is 5.92 Å². The van der Waals surface area contributed by atoms with Crippen molar-refractivity contribution < 1.29 is 4.79 Å². The summed E-state index contributed by atoms with van der Waals surface area (Å²) in [6.07, 6.45) is 9.40. The maximum atomic E-state index is 12.9. The second-order valence-corrected chi connectivity index (χ2v) is 7.93. The van der Waals surface area contributed by atoms with Crippen molar-refractivity contribution in [3.8, 4) is 5.82 Å². The molecule has 1 unspecified atom stereocenters. The van der Waals surface area contributed by atoms with E-state index in [9.17, 15) is 4.79 Å². The van der Waals surface area contributed by atoms with E-state index in [1.807, 2.05) is 12.3 Å². The first-order valence-electron chi connectivity index (χ1n) is 9.94. The number of fused-ring (bicyclic) bond motifs is 4. The second kappa shape index (κ2) is 5.86. The van der Waals surface area contributed by atoms with E-state index in [0.717, 1.165) is 51.1 Å². The van der Waals surface area contributed by atoms with Crippen LogP contribution in [0.4, 0.5) is 5.69 Å². The fourth-order valence-electron chi connectivity index (χ4n) is 4.98. The number of aromatic nitrogens is 2. The number of hydrogen-bond donors (Lipinski definition) is 0. The van der Waals surface area contributed by atoms with E-state index in [1.165, 1.54) is 17.8 Å². The summed E-state index contributed by atoms with van der Waals surface area (Å²) in [5, 5.41) is 0. The molecule has 136 valence electrons. The molecule has 5 heteroatoms. The summed E-state index contributed by atoms with van der Waals surface area (Å²) in [5.41, 5.74) is 2.34. The van der Waals surface area contributed by atoms with Crippen molar-refractivity contribution in [1.82, 2.24) is 14.5 Å². The average Bonchev–Trinajstić information content (AvgIpc) is 3.26. The zero-order chi connectivity index (χ0) is 17.7. The number of carbonyl (C=O) groups is 1. The van der Waals surface area contributed by atoms with Crippen molar-refractivity contribution >= 4 is 11.6 Å². The first kappa shape index (κ1) is 15.9. The highest BCUT2D eigenvalue weighted by Crippen LogP contribution is 2.47. The molecule has 1 saturated carbocycles. The van der Waals surface area contributed by atoms with E-state index in [1.54, 1.807) is 0 Å². The Hall–Kier alpha value is -2.30. The summed E-state index contributed by atoms with van der Waals surface area (Å²) in [4.78, 5) is 22.2. The predicted molar refractivity (Wildman–Crippen MR) is 101 cm³/mol. The molecule has 2 aliphatic heterocycles. The van der Waals surface area contributed by atoms with Gasteiger partial charge in [0.05, 0.1) is 11.4 Å². The number of amides is 1. The molecule has 0 N–H and O–H groups in total. The van der Waals surface area contributed by atoms with Crippen LogP contribution >= 0.6 is 0 Å². The SMILES string of the molecule is CCCN1c2cccnc2-n2cccc2C12CCN(C(=O)C1CCC1)C2. The van der Waals surface area contributed by atoms with Crippen molar-refractivity contribution in [3.63, 3.8) is 0 Å². The molecular weight excluding hydrogens is 324 g/mol. The number of pyridine rings is 1. The van der Waals surface area contributed by atoms with Gasteiger partial charge >= 0.3 is 0 Å². The van der Waals surface area contributed by atoms with Gasteiger partial charge in [0.1, 0.15) is 5.54 Å². The van der Waals surface area contributed by atoms with Crippen LogP contribution in [0.15, 0.2) is 36.7 Å². The number of anilines is 1. The molecule has 5 rings (SSSR count). The molecule has 1 spiro atoms. The van der Waals surface area contributed by atoms with Gasteiger partial charge in [0.25, 0.3) is 0 Å². The fraction of sp³-hybridized carbons (Fsp3) is 0.524. The Morgan fingerprint density at radius 2 is 2.19 bits per heavy atom. The molecule has 4 heterocycles. The molecule has 1 amide bonds. The van der Waals surface area contributed by atoms with E-state index < -0.39 is 0 Å². The number of likely N-dealkylation sites (tertiary alicyclic amines) is 1. The first-order valence-corrected chi connectivity index (χ1v) is 9.94. The Bertz CT molecular complexity index is 840. The quantitative estimate of drug-likeness (QED) is 0.853. The lowest BCUT2D eigenvalue weighted by atomic mass is 9.84. The number of rotatable bonds is 3. The van der Waals surface area contributed by atoms with Gasteiger partial charge in [-0.3, -0.25) is 4.79 Å². The van der Waals surface area contributed by atoms with Gasteiger partial charge in [0.15, 0.2) is 5.82 Å². The van der Waals surface area contributed by atoms with Crippen LogP contribution in [0.5, 0.6) is 0 Å². The molecule has 2 fully saturated rings. The predicted octanol–water partition coefficient (Wildman–Crippen LogP) is 3.33. The molecule has 1 aliphatic carbocycles. The molecule has 26 heavy (non-hydrogen) atoms. The van der Waals surface area contributed by atoms with E-state index in [4.69, 9.17) is 0 Å². The monoisotopic (exact) mass is 350 g/mol. The van der Waals surface area contributed by atoms with Crippen LogP contribution in [-0.2, 0) is 10.3 Å². The normalized spacial score (nSPS) is 24.5. The molecule has 3 aliphatic rings. The summed E-state index contributed by atoms with van der Waals surface area (Å²) in [6, 6.07) is 8.54. The van der Waals surface area contributed by atoms with Crippen LogP contribution in [0.3, 0.4) is 0 Å². The smallest absolute Gasteiger partial charge is 0.225 e. The van der Waals surface area contributed by atoms with Gasteiger partial charge in [0, 0.05) is 37.9 Å². The van der Waals surface area contributed by atoms with Crippen molar-refractivity contribution in [2.45, 2.75) is 44.6 Å². The zero-order valence-electron chi connectivity index (χ0n) is 15.4. The van der Waals surface area contributed by atoms with Gasteiger partial charge in [-0.05, 0) is 49.9 Å². The molecule has 5 nitrogen and oxygen atoms in total. The van der Waals surface area contributed by atoms with Gasteiger partial charge in [-0.15, -0.1) is 0 Å². The molecule has 0 aromatic carbocycles. The maximum Gasteiger partial charge on any atom is 0.225 e. The third kappa shape index (κ3) is 2.09. The van der Waals surface area contributed by atoms with Crippen LogP contribution in [0.25, 0.3) is 5.82 Å². The summed E-state index contributed by atoms with van der Waals surface area (Å²) >= 11 is 0. The zero-order valence-corrected chi connectivity index (χ0v) is 15.4. The minimum atomic E-state index is -0.130. The minimum Gasteiger partial charge on any atom is -0.355 e. The molecule has 0 radical (unpaired) electrons. The lowest BCUT2D eigenvalue weighted by Gasteiger charge is -2.47. The fourth-order valence-corrected chi connectivity index (χ4v) is 4.98. The van der Waals surface area contributed by atoms with Crippen molar-refractivity contribution in [2.75, 3.05) is 24.5 Å². The van der Waals surface area contributed by atoms with Gasteiger partial charge < -0.3 is 14.4 Å². The molecule has 2 aromatic heterocycles. The molecule has 0 bridgehead atoms. The van der Waals surface area contributed by atoms with Crippen LogP contribution in [0, 0.1) is 5.92 Å². The third-order valence-corrected chi connectivity index (χ3v) is 6.49. The third-order valence-electron chi connectivity index (χ3n) is 6.49. The highest BCUT2D eigenvalue weighted by molar-refractivity contribution is 5.80. The molecule has 1 atom stereocenters. The van der Waals surface area contributed by atoms with E-state index in [2.05, 4.69) is 50.7 Å². The summed E-state index contributed by atoms with van der Waals surface area (Å²) in [5.74, 6) is 1.66. The minimum absolute atomic E-state index is 0.130. The Balaban J connectivity index is 1.58. The van der Waals surface area contributed by atoms with Crippen LogP contribution in [-0.4, -0.2) is 40.0 Å². The Kier molecular flexibility index (Phi) is 3.59. The second-order valence-electron chi connectivity index (χ2n) is 7.93. The van der Waals surface area contributed by atoms with Gasteiger partial charge in [-0.1, -0.05) is 13.3 Å². The first-order chi connectivity index (χ1) is 12.7. The van der Waals surface area contributed by atoms with Crippen LogP contribution < -0.4 is 4.90 Å². The topological polar surface area (TPSA) is 41.4 Å². The molecule has 2 aromatic rings. The summed E-state index contributed by atoms with van der Waals surface area (Å²) in [7, 11) is 0. The van der Waals surface area contributed by atoms with Crippen LogP contribution in [0.1, 0.15) is 44.7 Å². The van der Waals surface area contributed by atoms with E-state index >= 15 is 0 Å². The number of carbonyl (C=O) groups excluding carboxylic acids is 1.